The highest BCUT2D eigenvalue weighted by molar-refractivity contribution is 7.09. The Morgan fingerprint density at radius 3 is 2.59 bits per heavy atom. The second-order valence-corrected chi connectivity index (χ2v) is 10.00. The summed E-state index contributed by atoms with van der Waals surface area (Å²) in [6, 6.07) is 18.2. The number of rotatable bonds is 7. The first-order chi connectivity index (χ1) is 15.7. The molecule has 7 heteroatoms. The van der Waals surface area contributed by atoms with Gasteiger partial charge in [0.15, 0.2) is 0 Å². The van der Waals surface area contributed by atoms with Gasteiger partial charge >= 0.3 is 0 Å². The monoisotopic (exact) mass is 466 g/mol. The number of nitrogens with one attached hydrogen (secondary N) is 1. The van der Waals surface area contributed by atoms with Crippen LogP contribution in [-0.4, -0.2) is 34.9 Å². The Labute approximate surface area is 198 Å². The van der Waals surface area contributed by atoms with Crippen LogP contribution < -0.4 is 10.2 Å². The molecule has 0 bridgehead atoms. The average Bonchev–Trinajstić information content (AvgIpc) is 3.51. The number of aromatic nitrogens is 2. The number of piperidine rings is 1. The van der Waals surface area contributed by atoms with Gasteiger partial charge in [-0.2, -0.15) is 4.37 Å². The van der Waals surface area contributed by atoms with E-state index < -0.39 is 0 Å². The minimum Gasteiger partial charge on any atom is -0.356 e. The van der Waals surface area contributed by atoms with Gasteiger partial charge in [0.1, 0.15) is 5.82 Å². The molecule has 1 aromatic heterocycles. The number of nitrogens with zero attached hydrogens (tertiary/aromatic N) is 3. The molecule has 1 aliphatic heterocycles. The van der Waals surface area contributed by atoms with Gasteiger partial charge < -0.3 is 10.2 Å². The van der Waals surface area contributed by atoms with Crippen LogP contribution in [0.2, 0.25) is 5.02 Å². The van der Waals surface area contributed by atoms with Crippen molar-refractivity contribution in [1.82, 2.24) is 14.7 Å². The zero-order chi connectivity index (χ0) is 21.9. The predicted octanol–water partition coefficient (Wildman–Crippen LogP) is 4.92. The van der Waals surface area contributed by atoms with E-state index in [0.29, 0.717) is 11.8 Å². The fourth-order valence-corrected chi connectivity index (χ4v) is 5.35. The molecule has 1 N–H and O–H groups in total. The van der Waals surface area contributed by atoms with Crippen LogP contribution in [0.3, 0.4) is 0 Å². The number of carbonyl (C=O) groups excluding carboxylic acids is 1. The molecule has 2 aromatic carbocycles. The second-order valence-electron chi connectivity index (χ2n) is 8.83. The molecule has 3 aromatic rings. The maximum absolute atomic E-state index is 12.5. The third-order valence-corrected chi connectivity index (χ3v) is 7.60. The van der Waals surface area contributed by atoms with Crippen molar-refractivity contribution in [3.8, 4) is 0 Å². The zero-order valence-electron chi connectivity index (χ0n) is 17.9. The third-order valence-electron chi connectivity index (χ3n) is 6.54. The molecule has 0 spiro atoms. The number of hydrogen-bond acceptors (Lipinski definition) is 5. The van der Waals surface area contributed by atoms with Crippen molar-refractivity contribution in [3.63, 3.8) is 0 Å². The van der Waals surface area contributed by atoms with Crippen molar-refractivity contribution in [2.45, 2.75) is 31.6 Å². The van der Waals surface area contributed by atoms with Gasteiger partial charge in [-0.3, -0.25) is 4.79 Å². The SMILES string of the molecule is O=C(NCC1CCN(c2nc(Cc3ccc(Cl)cc3)ns2)CC1)C1CC1c1ccccc1. The summed E-state index contributed by atoms with van der Waals surface area (Å²) in [6.07, 6.45) is 3.84. The summed E-state index contributed by atoms with van der Waals surface area (Å²) >= 11 is 7.44. The van der Waals surface area contributed by atoms with E-state index in [2.05, 4.69) is 38.9 Å². The summed E-state index contributed by atoms with van der Waals surface area (Å²) in [4.78, 5) is 19.6. The van der Waals surface area contributed by atoms with Crippen LogP contribution in [0, 0.1) is 11.8 Å². The van der Waals surface area contributed by atoms with Crippen molar-refractivity contribution in [3.05, 3.63) is 76.6 Å². The Morgan fingerprint density at radius 2 is 1.84 bits per heavy atom. The fourth-order valence-electron chi connectivity index (χ4n) is 4.49. The van der Waals surface area contributed by atoms with Crippen LogP contribution in [0.25, 0.3) is 0 Å². The lowest BCUT2D eigenvalue weighted by Crippen LogP contribution is -2.39. The Morgan fingerprint density at radius 1 is 1.09 bits per heavy atom. The Bertz CT molecular complexity index is 1050. The van der Waals surface area contributed by atoms with E-state index in [1.54, 1.807) is 0 Å². The Kier molecular flexibility index (Phi) is 6.42. The number of anilines is 1. The molecular formula is C25H27ClN4OS. The Balaban J connectivity index is 1.06. The highest BCUT2D eigenvalue weighted by atomic mass is 35.5. The molecule has 2 unspecified atom stereocenters. The van der Waals surface area contributed by atoms with Crippen LogP contribution in [-0.2, 0) is 11.2 Å². The van der Waals surface area contributed by atoms with Crippen molar-refractivity contribution in [1.29, 1.82) is 0 Å². The summed E-state index contributed by atoms with van der Waals surface area (Å²) in [7, 11) is 0. The molecule has 1 saturated carbocycles. The fraction of sp³-hybridized carbons (Fsp3) is 0.400. The first kappa shape index (κ1) is 21.4. The lowest BCUT2D eigenvalue weighted by Gasteiger charge is -2.31. The lowest BCUT2D eigenvalue weighted by atomic mass is 9.97. The molecule has 1 aliphatic carbocycles. The van der Waals surface area contributed by atoms with Crippen molar-refractivity contribution >= 4 is 34.2 Å². The summed E-state index contributed by atoms with van der Waals surface area (Å²) in [6.45, 7) is 2.71. The van der Waals surface area contributed by atoms with E-state index in [9.17, 15) is 4.79 Å². The Hall–Kier alpha value is -2.44. The smallest absolute Gasteiger partial charge is 0.223 e. The number of halogens is 1. The van der Waals surface area contributed by atoms with Gasteiger partial charge in [0.25, 0.3) is 0 Å². The van der Waals surface area contributed by atoms with Crippen LogP contribution in [0.15, 0.2) is 54.6 Å². The van der Waals surface area contributed by atoms with Crippen molar-refractivity contribution in [2.24, 2.45) is 11.8 Å². The zero-order valence-corrected chi connectivity index (χ0v) is 19.5. The second kappa shape index (κ2) is 9.59. The highest BCUT2D eigenvalue weighted by Crippen LogP contribution is 2.47. The van der Waals surface area contributed by atoms with E-state index in [4.69, 9.17) is 16.6 Å². The molecule has 2 aliphatic rings. The normalized spacial score (nSPS) is 20.8. The largest absolute Gasteiger partial charge is 0.356 e. The molecule has 0 radical (unpaired) electrons. The molecule has 32 heavy (non-hydrogen) atoms. The maximum atomic E-state index is 12.5. The summed E-state index contributed by atoms with van der Waals surface area (Å²) in [5.41, 5.74) is 2.45. The van der Waals surface area contributed by atoms with Crippen LogP contribution in [0.4, 0.5) is 5.13 Å². The molecule has 2 heterocycles. The van der Waals surface area contributed by atoms with Crippen LogP contribution in [0.5, 0.6) is 0 Å². The highest BCUT2D eigenvalue weighted by Gasteiger charge is 2.43. The first-order valence-corrected chi connectivity index (χ1v) is 12.5. The van der Waals surface area contributed by atoms with Crippen molar-refractivity contribution in [2.75, 3.05) is 24.5 Å². The predicted molar refractivity (Wildman–Crippen MR) is 129 cm³/mol. The molecule has 2 fully saturated rings. The van der Waals surface area contributed by atoms with Crippen molar-refractivity contribution < 1.29 is 4.79 Å². The first-order valence-electron chi connectivity index (χ1n) is 11.3. The van der Waals surface area contributed by atoms with Gasteiger partial charge in [-0.1, -0.05) is 54.1 Å². The minimum atomic E-state index is 0.151. The van der Waals surface area contributed by atoms with Gasteiger partial charge in [-0.15, -0.1) is 0 Å². The topological polar surface area (TPSA) is 58.1 Å². The quantitative estimate of drug-likeness (QED) is 0.537. The average molecular weight is 467 g/mol. The number of hydrogen-bond donors (Lipinski definition) is 1. The minimum absolute atomic E-state index is 0.151. The molecular weight excluding hydrogens is 440 g/mol. The van der Waals surface area contributed by atoms with E-state index in [1.165, 1.54) is 22.7 Å². The molecule has 5 rings (SSSR count). The molecule has 166 valence electrons. The summed E-state index contributed by atoms with van der Waals surface area (Å²) in [5.74, 6) is 2.16. The number of carbonyl (C=O) groups is 1. The van der Waals surface area contributed by atoms with E-state index in [1.807, 2.05) is 30.3 Å². The lowest BCUT2D eigenvalue weighted by molar-refractivity contribution is -0.122. The van der Waals surface area contributed by atoms with E-state index in [-0.39, 0.29) is 11.8 Å². The number of benzene rings is 2. The van der Waals surface area contributed by atoms with Gasteiger partial charge in [0.2, 0.25) is 11.0 Å². The summed E-state index contributed by atoms with van der Waals surface area (Å²) < 4.78 is 4.54. The number of amides is 1. The third kappa shape index (κ3) is 5.13. The van der Waals surface area contributed by atoms with Gasteiger partial charge in [0.05, 0.1) is 0 Å². The molecule has 2 atom stereocenters. The van der Waals surface area contributed by atoms with Gasteiger partial charge in [-0.25, -0.2) is 4.98 Å². The molecule has 5 nitrogen and oxygen atoms in total. The van der Waals surface area contributed by atoms with Crippen LogP contribution in [0.1, 0.15) is 42.1 Å². The van der Waals surface area contributed by atoms with E-state index >= 15 is 0 Å². The van der Waals surface area contributed by atoms with Gasteiger partial charge in [-0.05, 0) is 54.4 Å². The standard InChI is InChI=1S/C25H27ClN4OS/c26-20-8-6-17(7-9-20)14-23-28-25(32-29-23)30-12-10-18(11-13-30)16-27-24(31)22-15-21(22)19-4-2-1-3-5-19/h1-9,18,21-22H,10-16H2,(H,27,31). The molecule has 1 saturated heterocycles. The van der Waals surface area contributed by atoms with Gasteiger partial charge in [0, 0.05) is 48.5 Å². The summed E-state index contributed by atoms with van der Waals surface area (Å²) in [5, 5.41) is 4.96. The molecule has 1 amide bonds. The van der Waals surface area contributed by atoms with E-state index in [0.717, 1.165) is 61.3 Å². The maximum Gasteiger partial charge on any atom is 0.223 e. The van der Waals surface area contributed by atoms with Crippen LogP contribution >= 0.6 is 23.1 Å².